The number of halogens is 2. The molecule has 4 nitrogen and oxygen atoms in total. The highest BCUT2D eigenvalue weighted by molar-refractivity contribution is 9.10. The van der Waals surface area contributed by atoms with Crippen LogP contribution in [0.3, 0.4) is 0 Å². The van der Waals surface area contributed by atoms with Gasteiger partial charge in [0.1, 0.15) is 16.2 Å². The lowest BCUT2D eigenvalue weighted by Crippen LogP contribution is -1.98. The topological polar surface area (TPSA) is 47.9 Å². The van der Waals surface area contributed by atoms with Crippen molar-refractivity contribution in [2.45, 2.75) is 19.8 Å². The van der Waals surface area contributed by atoms with Gasteiger partial charge in [-0.25, -0.2) is 4.98 Å². The summed E-state index contributed by atoms with van der Waals surface area (Å²) >= 11 is 9.18. The molecule has 0 fully saturated rings. The van der Waals surface area contributed by atoms with Gasteiger partial charge in [0.15, 0.2) is 0 Å². The van der Waals surface area contributed by atoms with Crippen molar-refractivity contribution in [1.29, 1.82) is 0 Å². The van der Waals surface area contributed by atoms with E-state index in [0.717, 1.165) is 18.7 Å². The van der Waals surface area contributed by atoms with Crippen molar-refractivity contribution in [2.75, 3.05) is 0 Å². The molecule has 0 unspecified atom stereocenters. The van der Waals surface area contributed by atoms with E-state index in [2.05, 4.69) is 37.8 Å². The van der Waals surface area contributed by atoms with Crippen molar-refractivity contribution in [3.05, 3.63) is 40.0 Å². The van der Waals surface area contributed by atoms with E-state index >= 15 is 0 Å². The number of nitrogens with zero attached hydrogens (tertiary/aromatic N) is 3. The first-order valence-electron chi connectivity index (χ1n) is 5.49. The molecule has 0 saturated carbocycles. The third kappa shape index (κ3) is 3.65. The Morgan fingerprint density at radius 1 is 1.28 bits per heavy atom. The standard InChI is InChI=1S/C12H11BrClN3O/c1-2-3-11-16-10(13)5-12(17-11)18-9-4-8(14)6-15-7-9/h4-7H,2-3H2,1H3. The monoisotopic (exact) mass is 327 g/mol. The molecule has 6 heteroatoms. The van der Waals surface area contributed by atoms with E-state index in [4.69, 9.17) is 16.3 Å². The first kappa shape index (κ1) is 13.2. The SMILES string of the molecule is CCCc1nc(Br)cc(Oc2cncc(Cl)c2)n1. The maximum atomic E-state index is 5.84. The van der Waals surface area contributed by atoms with Crippen LogP contribution in [0.1, 0.15) is 19.2 Å². The minimum Gasteiger partial charge on any atom is -0.437 e. The molecule has 0 radical (unpaired) electrons. The summed E-state index contributed by atoms with van der Waals surface area (Å²) in [6.07, 6.45) is 4.92. The zero-order chi connectivity index (χ0) is 13.0. The number of hydrogen-bond acceptors (Lipinski definition) is 4. The van der Waals surface area contributed by atoms with Crippen LogP contribution in [-0.2, 0) is 6.42 Å². The largest absolute Gasteiger partial charge is 0.437 e. The highest BCUT2D eigenvalue weighted by Crippen LogP contribution is 2.23. The van der Waals surface area contributed by atoms with Crippen LogP contribution in [0.2, 0.25) is 5.02 Å². The second-order valence-corrected chi connectivity index (χ2v) is 4.88. The Morgan fingerprint density at radius 3 is 2.83 bits per heavy atom. The van der Waals surface area contributed by atoms with E-state index in [1.807, 2.05) is 0 Å². The predicted octanol–water partition coefficient (Wildman–Crippen LogP) is 4.03. The molecule has 94 valence electrons. The van der Waals surface area contributed by atoms with Gasteiger partial charge in [-0.2, -0.15) is 4.98 Å². The molecule has 0 spiro atoms. The lowest BCUT2D eigenvalue weighted by Gasteiger charge is -2.06. The fourth-order valence-electron chi connectivity index (χ4n) is 1.40. The van der Waals surface area contributed by atoms with Crippen LogP contribution in [0.5, 0.6) is 11.6 Å². The maximum absolute atomic E-state index is 5.84. The van der Waals surface area contributed by atoms with E-state index in [0.29, 0.717) is 21.3 Å². The van der Waals surface area contributed by atoms with Crippen LogP contribution in [0.25, 0.3) is 0 Å². The number of ether oxygens (including phenoxy) is 1. The summed E-state index contributed by atoms with van der Waals surface area (Å²) < 4.78 is 6.30. The van der Waals surface area contributed by atoms with Crippen molar-refractivity contribution in [3.8, 4) is 11.6 Å². The van der Waals surface area contributed by atoms with E-state index < -0.39 is 0 Å². The van der Waals surface area contributed by atoms with Crippen molar-refractivity contribution >= 4 is 27.5 Å². The van der Waals surface area contributed by atoms with Crippen LogP contribution in [-0.4, -0.2) is 15.0 Å². The van der Waals surface area contributed by atoms with Crippen LogP contribution < -0.4 is 4.74 Å². The van der Waals surface area contributed by atoms with E-state index in [1.165, 1.54) is 0 Å². The molecule has 0 saturated heterocycles. The van der Waals surface area contributed by atoms with Crippen molar-refractivity contribution in [2.24, 2.45) is 0 Å². The predicted molar refractivity (Wildman–Crippen MR) is 73.0 cm³/mol. The summed E-state index contributed by atoms with van der Waals surface area (Å²) in [5.74, 6) is 1.77. The van der Waals surface area contributed by atoms with Gasteiger partial charge < -0.3 is 4.74 Å². The number of pyridine rings is 1. The normalized spacial score (nSPS) is 10.4. The first-order chi connectivity index (χ1) is 8.67. The third-order valence-electron chi connectivity index (χ3n) is 2.09. The molecule has 0 N–H and O–H groups in total. The molecule has 0 aliphatic rings. The fraction of sp³-hybridized carbons (Fsp3) is 0.250. The Bertz CT molecular complexity index is 551. The Morgan fingerprint density at radius 2 is 2.11 bits per heavy atom. The number of hydrogen-bond donors (Lipinski definition) is 0. The lowest BCUT2D eigenvalue weighted by atomic mass is 10.3. The zero-order valence-corrected chi connectivity index (χ0v) is 12.1. The third-order valence-corrected chi connectivity index (χ3v) is 2.71. The van der Waals surface area contributed by atoms with Gasteiger partial charge in [0, 0.05) is 24.8 Å². The number of rotatable bonds is 4. The smallest absolute Gasteiger partial charge is 0.223 e. The van der Waals surface area contributed by atoms with E-state index in [1.54, 1.807) is 24.5 Å². The number of aryl methyl sites for hydroxylation is 1. The second kappa shape index (κ2) is 6.11. The Balaban J connectivity index is 2.23. The summed E-state index contributed by atoms with van der Waals surface area (Å²) in [5, 5.41) is 0.523. The first-order valence-corrected chi connectivity index (χ1v) is 6.66. The number of aromatic nitrogens is 3. The molecule has 0 aliphatic heterocycles. The molecular formula is C12H11BrClN3O. The average molecular weight is 329 g/mol. The van der Waals surface area contributed by atoms with Gasteiger partial charge in [-0.1, -0.05) is 18.5 Å². The van der Waals surface area contributed by atoms with Crippen molar-refractivity contribution < 1.29 is 4.74 Å². The summed E-state index contributed by atoms with van der Waals surface area (Å²) in [7, 11) is 0. The summed E-state index contributed by atoms with van der Waals surface area (Å²) in [5.41, 5.74) is 0. The molecule has 0 bridgehead atoms. The van der Waals surface area contributed by atoms with Crippen molar-refractivity contribution in [1.82, 2.24) is 15.0 Å². The molecule has 0 aromatic carbocycles. The zero-order valence-electron chi connectivity index (χ0n) is 9.73. The molecule has 0 aliphatic carbocycles. The fourth-order valence-corrected chi connectivity index (χ4v) is 1.96. The highest BCUT2D eigenvalue weighted by atomic mass is 79.9. The van der Waals surface area contributed by atoms with Crippen molar-refractivity contribution in [3.63, 3.8) is 0 Å². The Kier molecular flexibility index (Phi) is 4.49. The highest BCUT2D eigenvalue weighted by Gasteiger charge is 2.05. The molecule has 2 rings (SSSR count). The van der Waals surface area contributed by atoms with Crippen LogP contribution in [0.15, 0.2) is 29.1 Å². The summed E-state index contributed by atoms with van der Waals surface area (Å²) in [6, 6.07) is 3.39. The lowest BCUT2D eigenvalue weighted by molar-refractivity contribution is 0.455. The quantitative estimate of drug-likeness (QED) is 0.795. The van der Waals surface area contributed by atoms with E-state index in [-0.39, 0.29) is 0 Å². The van der Waals surface area contributed by atoms with Crippen LogP contribution in [0.4, 0.5) is 0 Å². The van der Waals surface area contributed by atoms with Gasteiger partial charge in [0.2, 0.25) is 5.88 Å². The Labute approximate surface area is 119 Å². The molecule has 2 aromatic rings. The maximum Gasteiger partial charge on any atom is 0.223 e. The van der Waals surface area contributed by atoms with Gasteiger partial charge in [0.25, 0.3) is 0 Å². The summed E-state index contributed by atoms with van der Waals surface area (Å²) in [4.78, 5) is 12.5. The van der Waals surface area contributed by atoms with E-state index in [9.17, 15) is 0 Å². The molecule has 2 heterocycles. The van der Waals surface area contributed by atoms with Gasteiger partial charge >= 0.3 is 0 Å². The molecular weight excluding hydrogens is 318 g/mol. The van der Waals surface area contributed by atoms with Crippen LogP contribution in [0, 0.1) is 0 Å². The van der Waals surface area contributed by atoms with Gasteiger partial charge in [0.05, 0.1) is 11.2 Å². The minimum absolute atomic E-state index is 0.476. The Hall–Kier alpha value is -1.20. The molecule has 0 atom stereocenters. The average Bonchev–Trinajstić information content (AvgIpc) is 2.28. The molecule has 18 heavy (non-hydrogen) atoms. The molecule has 2 aromatic heterocycles. The van der Waals surface area contributed by atoms with Gasteiger partial charge in [-0.3, -0.25) is 4.98 Å². The van der Waals surface area contributed by atoms with Gasteiger partial charge in [-0.05, 0) is 22.4 Å². The summed E-state index contributed by atoms with van der Waals surface area (Å²) in [6.45, 7) is 2.08. The second-order valence-electron chi connectivity index (χ2n) is 3.64. The molecule has 0 amide bonds. The minimum atomic E-state index is 0.476. The van der Waals surface area contributed by atoms with Crippen LogP contribution >= 0.6 is 27.5 Å². The van der Waals surface area contributed by atoms with Gasteiger partial charge in [-0.15, -0.1) is 0 Å².